The average Bonchev–Trinajstić information content (AvgIpc) is 2.96. The van der Waals surface area contributed by atoms with Crippen molar-refractivity contribution in [3.8, 4) is 34.8 Å². The highest BCUT2D eigenvalue weighted by Crippen LogP contribution is 2.45. The third-order valence-corrected chi connectivity index (χ3v) is 6.86. The van der Waals surface area contributed by atoms with Gasteiger partial charge in [0.2, 0.25) is 5.88 Å². The molecule has 0 saturated heterocycles. The third kappa shape index (κ3) is 6.93. The highest BCUT2D eigenvalue weighted by molar-refractivity contribution is 5.77. The first-order valence-corrected chi connectivity index (χ1v) is 13.7. The van der Waals surface area contributed by atoms with E-state index in [0.29, 0.717) is 41.1 Å². The summed E-state index contributed by atoms with van der Waals surface area (Å²) in [6.07, 6.45) is 0.997. The van der Waals surface area contributed by atoms with Gasteiger partial charge in [-0.2, -0.15) is 5.26 Å². The molecule has 2 N–H and O–H groups in total. The Morgan fingerprint density at radius 2 is 1.76 bits per heavy atom. The molecule has 41 heavy (non-hydrogen) atoms. The number of benzene rings is 3. The van der Waals surface area contributed by atoms with Crippen LogP contribution >= 0.6 is 0 Å². The summed E-state index contributed by atoms with van der Waals surface area (Å²) in [4.78, 5) is 12.8. The second-order valence-corrected chi connectivity index (χ2v) is 10.2. The van der Waals surface area contributed by atoms with E-state index in [1.165, 1.54) is 5.56 Å². The summed E-state index contributed by atoms with van der Waals surface area (Å²) < 4.78 is 28.7. The predicted molar refractivity (Wildman–Crippen MR) is 155 cm³/mol. The van der Waals surface area contributed by atoms with E-state index >= 15 is 0 Å². The van der Waals surface area contributed by atoms with Crippen molar-refractivity contribution in [2.24, 2.45) is 11.7 Å². The van der Waals surface area contributed by atoms with Gasteiger partial charge in [-0.1, -0.05) is 45.0 Å². The van der Waals surface area contributed by atoms with Crippen molar-refractivity contribution in [1.29, 1.82) is 5.26 Å². The number of nitrogens with zero attached hydrogens (tertiary/aromatic N) is 1. The van der Waals surface area contributed by atoms with Crippen LogP contribution in [0.25, 0.3) is 0 Å². The van der Waals surface area contributed by atoms with E-state index in [2.05, 4.69) is 26.8 Å². The van der Waals surface area contributed by atoms with E-state index in [-0.39, 0.29) is 17.2 Å². The molecular weight excluding hydrogens is 520 g/mol. The average molecular weight is 557 g/mol. The number of aryl methyl sites for hydroxylation is 1. The summed E-state index contributed by atoms with van der Waals surface area (Å²) in [7, 11) is 1.58. The Morgan fingerprint density at radius 1 is 1.02 bits per heavy atom. The lowest BCUT2D eigenvalue weighted by molar-refractivity contribution is -0.141. The molecule has 1 aliphatic rings. The summed E-state index contributed by atoms with van der Waals surface area (Å²) in [6.45, 7) is 8.55. The number of esters is 1. The molecule has 0 fully saturated rings. The van der Waals surface area contributed by atoms with Crippen molar-refractivity contribution in [2.75, 3.05) is 13.7 Å². The van der Waals surface area contributed by atoms with Gasteiger partial charge in [-0.15, -0.1) is 0 Å². The lowest BCUT2D eigenvalue weighted by Gasteiger charge is -2.27. The summed E-state index contributed by atoms with van der Waals surface area (Å²) in [5, 5.41) is 9.95. The third-order valence-electron chi connectivity index (χ3n) is 6.86. The second-order valence-electron chi connectivity index (χ2n) is 10.2. The molecule has 3 aromatic carbocycles. The fourth-order valence-corrected chi connectivity index (χ4v) is 4.48. The first kappa shape index (κ1) is 29.3. The molecule has 0 bridgehead atoms. The normalized spacial score (nSPS) is 14.9. The van der Waals surface area contributed by atoms with Gasteiger partial charge in [0.1, 0.15) is 28.9 Å². The van der Waals surface area contributed by atoms with Gasteiger partial charge < -0.3 is 29.4 Å². The monoisotopic (exact) mass is 556 g/mol. The van der Waals surface area contributed by atoms with Crippen molar-refractivity contribution < 1.29 is 28.5 Å². The van der Waals surface area contributed by atoms with E-state index in [9.17, 15) is 10.1 Å². The molecule has 3 aromatic rings. The van der Waals surface area contributed by atoms with Gasteiger partial charge in [-0.3, -0.25) is 0 Å². The predicted octanol–water partition coefficient (Wildman–Crippen LogP) is 6.27. The molecule has 0 aliphatic carbocycles. The Bertz CT molecular complexity index is 1460. The maximum Gasteiger partial charge on any atom is 0.352 e. The summed E-state index contributed by atoms with van der Waals surface area (Å²) in [5.74, 6) is 1.84. The van der Waals surface area contributed by atoms with E-state index in [1.54, 1.807) is 32.2 Å². The molecule has 1 aliphatic heterocycles. The minimum atomic E-state index is -0.837. The van der Waals surface area contributed by atoms with Crippen molar-refractivity contribution in [1.82, 2.24) is 0 Å². The van der Waals surface area contributed by atoms with Crippen LogP contribution < -0.4 is 29.4 Å². The Labute approximate surface area is 241 Å². The summed E-state index contributed by atoms with van der Waals surface area (Å²) >= 11 is 0. The van der Waals surface area contributed by atoms with Crippen LogP contribution in [0.4, 0.5) is 0 Å². The number of nitriles is 1. The largest absolute Gasteiger partial charge is 0.493 e. The number of carbonyl (C=O) groups excluding carboxylic acids is 1. The van der Waals surface area contributed by atoms with Crippen LogP contribution in [0, 0.1) is 17.2 Å². The van der Waals surface area contributed by atoms with Gasteiger partial charge in [-0.05, 0) is 67.1 Å². The van der Waals surface area contributed by atoms with Gasteiger partial charge in [-0.25, -0.2) is 4.79 Å². The highest BCUT2D eigenvalue weighted by Gasteiger charge is 2.32. The number of fused-ring (bicyclic) bond motifs is 1. The Balaban J connectivity index is 1.55. The number of nitrogens with two attached hydrogens (primary N) is 1. The number of carbonyl (C=O) groups is 1. The first-order chi connectivity index (χ1) is 19.7. The van der Waals surface area contributed by atoms with E-state index < -0.39 is 18.0 Å². The number of ether oxygens (including phenoxy) is 5. The van der Waals surface area contributed by atoms with Crippen molar-refractivity contribution in [2.45, 2.75) is 52.6 Å². The zero-order chi connectivity index (χ0) is 29.5. The Kier molecular flexibility index (Phi) is 9.41. The molecule has 0 aromatic heterocycles. The van der Waals surface area contributed by atoms with Gasteiger partial charge in [0.25, 0.3) is 0 Å². The van der Waals surface area contributed by atoms with Crippen LogP contribution in [0.5, 0.6) is 28.7 Å². The van der Waals surface area contributed by atoms with Gasteiger partial charge in [0.15, 0.2) is 17.6 Å². The molecular formula is C33H36N2O6. The van der Waals surface area contributed by atoms with Gasteiger partial charge >= 0.3 is 5.97 Å². The summed E-state index contributed by atoms with van der Waals surface area (Å²) in [5.41, 5.74) is 9.11. The molecule has 0 radical (unpaired) electrons. The van der Waals surface area contributed by atoms with E-state index in [0.717, 1.165) is 18.4 Å². The Hall–Kier alpha value is -4.64. The fourth-order valence-electron chi connectivity index (χ4n) is 4.48. The molecule has 214 valence electrons. The smallest absolute Gasteiger partial charge is 0.352 e. The number of hydrogen-bond acceptors (Lipinski definition) is 8. The van der Waals surface area contributed by atoms with Crippen LogP contribution in [-0.4, -0.2) is 25.8 Å². The zero-order valence-electron chi connectivity index (χ0n) is 24.1. The molecule has 0 amide bonds. The number of hydrogen-bond donors (Lipinski definition) is 1. The van der Waals surface area contributed by atoms with E-state index in [1.807, 2.05) is 42.5 Å². The SMILES string of the molecule is CCc1ccc(OC(C)C(=O)Oc2ccc3c(c2)OC(N)=C(C#N)C3c2ccc(OCCC(C)C)c(OC)c2)cc1. The zero-order valence-corrected chi connectivity index (χ0v) is 24.1. The lowest BCUT2D eigenvalue weighted by Crippen LogP contribution is -2.28. The van der Waals surface area contributed by atoms with Crippen LogP contribution in [-0.2, 0) is 11.2 Å². The van der Waals surface area contributed by atoms with Gasteiger partial charge in [0, 0.05) is 11.6 Å². The number of methoxy groups -OCH3 is 1. The van der Waals surface area contributed by atoms with Crippen LogP contribution in [0.3, 0.4) is 0 Å². The summed E-state index contributed by atoms with van der Waals surface area (Å²) in [6, 6.07) is 20.3. The van der Waals surface area contributed by atoms with Crippen molar-refractivity contribution >= 4 is 5.97 Å². The van der Waals surface area contributed by atoms with Crippen LogP contribution in [0.15, 0.2) is 72.1 Å². The first-order valence-electron chi connectivity index (χ1n) is 13.7. The lowest BCUT2D eigenvalue weighted by atomic mass is 9.83. The molecule has 0 saturated carbocycles. The maximum absolute atomic E-state index is 12.8. The minimum absolute atomic E-state index is 0.0167. The van der Waals surface area contributed by atoms with Crippen LogP contribution in [0.2, 0.25) is 0 Å². The molecule has 4 rings (SSSR count). The quantitative estimate of drug-likeness (QED) is 0.217. The number of allylic oxidation sites excluding steroid dienone is 1. The topological polar surface area (TPSA) is 113 Å². The highest BCUT2D eigenvalue weighted by atomic mass is 16.6. The molecule has 2 atom stereocenters. The van der Waals surface area contributed by atoms with E-state index in [4.69, 9.17) is 29.4 Å². The van der Waals surface area contributed by atoms with Crippen LogP contribution in [0.1, 0.15) is 56.7 Å². The molecule has 2 unspecified atom stereocenters. The Morgan fingerprint density at radius 3 is 2.41 bits per heavy atom. The molecule has 1 heterocycles. The van der Waals surface area contributed by atoms with Gasteiger partial charge in [0.05, 0.1) is 19.6 Å². The molecule has 8 nitrogen and oxygen atoms in total. The number of rotatable bonds is 11. The second kappa shape index (κ2) is 13.1. The molecule has 0 spiro atoms. The standard InChI is InChI=1S/C33H36N2O6/c1-6-22-7-10-24(11-8-22)39-21(4)33(36)40-25-12-13-26-29(18-25)41-32(35)27(19-34)31(26)23-9-14-28(30(17-23)37-5)38-16-15-20(2)3/h7-14,17-18,20-21,31H,6,15-16,35H2,1-5H3. The van der Waals surface area contributed by atoms with Crippen molar-refractivity contribution in [3.05, 3.63) is 88.8 Å². The maximum atomic E-state index is 12.8. The minimum Gasteiger partial charge on any atom is -0.493 e. The fraction of sp³-hybridized carbons (Fsp3) is 0.333. The molecule has 8 heteroatoms. The van der Waals surface area contributed by atoms with Crippen molar-refractivity contribution in [3.63, 3.8) is 0 Å².